The van der Waals surface area contributed by atoms with Crippen LogP contribution in [0.2, 0.25) is 0 Å². The molecule has 1 aliphatic heterocycles. The standard InChI is InChI=1S/C24H29NO3/c1-23(2,3)18-11-9-17(10-12-18)22(28)25-13-20(27)24(15-25)19(14-26)21(24)16-7-5-4-6-8-16/h4-12,19-21,26-27H,13-15H2,1-3H3/t19-,20+,21-,24-/m1/s1. The first kappa shape index (κ1) is 19.2. The van der Waals surface area contributed by atoms with Crippen molar-refractivity contribution in [1.82, 2.24) is 4.90 Å². The van der Waals surface area contributed by atoms with Gasteiger partial charge in [0.05, 0.1) is 6.10 Å². The van der Waals surface area contributed by atoms with E-state index in [-0.39, 0.29) is 29.8 Å². The highest BCUT2D eigenvalue weighted by Gasteiger charge is 2.71. The molecule has 4 rings (SSSR count). The van der Waals surface area contributed by atoms with Gasteiger partial charge in [0.2, 0.25) is 0 Å². The van der Waals surface area contributed by atoms with Gasteiger partial charge >= 0.3 is 0 Å². The van der Waals surface area contributed by atoms with Gasteiger partial charge in [0.15, 0.2) is 0 Å². The number of aliphatic hydroxyl groups excluding tert-OH is 2. The first-order chi connectivity index (χ1) is 13.3. The number of amides is 1. The van der Waals surface area contributed by atoms with Crippen LogP contribution in [0, 0.1) is 11.3 Å². The minimum atomic E-state index is -0.618. The number of nitrogens with zero attached hydrogens (tertiary/aromatic N) is 1. The first-order valence-electron chi connectivity index (χ1n) is 10.0. The molecule has 0 bridgehead atoms. The lowest BCUT2D eigenvalue weighted by Crippen LogP contribution is -2.29. The van der Waals surface area contributed by atoms with Crippen molar-refractivity contribution < 1.29 is 15.0 Å². The molecule has 1 saturated carbocycles. The van der Waals surface area contributed by atoms with Crippen LogP contribution in [0.5, 0.6) is 0 Å². The number of rotatable bonds is 3. The second-order valence-corrected chi connectivity index (χ2v) is 9.32. The average Bonchev–Trinajstić information content (AvgIpc) is 3.22. The lowest BCUT2D eigenvalue weighted by atomic mass is 9.86. The van der Waals surface area contributed by atoms with Crippen molar-refractivity contribution in [2.75, 3.05) is 19.7 Å². The number of aliphatic hydroxyl groups is 2. The minimum absolute atomic E-state index is 0.00836. The maximum atomic E-state index is 13.1. The highest BCUT2D eigenvalue weighted by Crippen LogP contribution is 2.68. The third-order valence-corrected chi connectivity index (χ3v) is 6.68. The zero-order chi connectivity index (χ0) is 20.1. The number of hydrogen-bond donors (Lipinski definition) is 2. The van der Waals surface area contributed by atoms with E-state index in [9.17, 15) is 15.0 Å². The van der Waals surface area contributed by atoms with Gasteiger partial charge in [0.25, 0.3) is 5.91 Å². The van der Waals surface area contributed by atoms with E-state index in [2.05, 4.69) is 20.8 Å². The largest absolute Gasteiger partial charge is 0.396 e. The van der Waals surface area contributed by atoms with Crippen molar-refractivity contribution in [1.29, 1.82) is 0 Å². The minimum Gasteiger partial charge on any atom is -0.396 e. The summed E-state index contributed by atoms with van der Waals surface area (Å²) in [5.74, 6) is 0.0347. The van der Waals surface area contributed by atoms with Gasteiger partial charge in [-0.3, -0.25) is 4.79 Å². The molecule has 28 heavy (non-hydrogen) atoms. The third-order valence-electron chi connectivity index (χ3n) is 6.68. The SMILES string of the molecule is CC(C)(C)c1ccc(C(=O)N2C[C@H](O)[C@@]3(C2)[C@H](CO)[C@H]3c2ccccc2)cc1. The molecule has 2 aliphatic rings. The van der Waals surface area contributed by atoms with Gasteiger partial charge < -0.3 is 15.1 Å². The molecule has 1 aliphatic carbocycles. The zero-order valence-electron chi connectivity index (χ0n) is 16.8. The number of carbonyl (C=O) groups excluding carboxylic acids is 1. The Morgan fingerprint density at radius 2 is 1.75 bits per heavy atom. The van der Waals surface area contributed by atoms with Crippen molar-refractivity contribution in [2.24, 2.45) is 11.3 Å². The van der Waals surface area contributed by atoms with E-state index in [0.717, 1.165) is 5.56 Å². The topological polar surface area (TPSA) is 60.8 Å². The lowest BCUT2D eigenvalue weighted by Gasteiger charge is -2.20. The van der Waals surface area contributed by atoms with Crippen LogP contribution >= 0.6 is 0 Å². The van der Waals surface area contributed by atoms with Crippen molar-refractivity contribution in [3.05, 3.63) is 71.3 Å². The normalized spacial score (nSPS) is 29.3. The molecule has 2 N–H and O–H groups in total. The van der Waals surface area contributed by atoms with E-state index in [1.54, 1.807) is 4.90 Å². The Balaban J connectivity index is 1.55. The van der Waals surface area contributed by atoms with Crippen molar-refractivity contribution >= 4 is 5.91 Å². The second-order valence-electron chi connectivity index (χ2n) is 9.32. The molecular weight excluding hydrogens is 350 g/mol. The molecule has 2 aromatic carbocycles. The predicted octanol–water partition coefficient (Wildman–Crippen LogP) is 3.19. The number of carbonyl (C=O) groups is 1. The summed E-state index contributed by atoms with van der Waals surface area (Å²) in [6.45, 7) is 7.28. The number of likely N-dealkylation sites (tertiary alicyclic amines) is 1. The molecule has 4 nitrogen and oxygen atoms in total. The Bertz CT molecular complexity index is 856. The van der Waals surface area contributed by atoms with Crippen molar-refractivity contribution in [2.45, 2.75) is 38.2 Å². The molecule has 4 heteroatoms. The quantitative estimate of drug-likeness (QED) is 0.861. The number of β-amino-alcohol motifs (C(OH)–C–C–N with tert-alkyl or cyclic N) is 1. The maximum absolute atomic E-state index is 13.1. The van der Waals surface area contributed by atoms with Crippen LogP contribution in [0.3, 0.4) is 0 Å². The van der Waals surface area contributed by atoms with Crippen LogP contribution < -0.4 is 0 Å². The number of hydrogen-bond acceptors (Lipinski definition) is 3. The summed E-state index contributed by atoms with van der Waals surface area (Å²) >= 11 is 0. The zero-order valence-corrected chi connectivity index (χ0v) is 16.8. The molecular formula is C24H29NO3. The Hall–Kier alpha value is -2.17. The third kappa shape index (κ3) is 2.96. The molecule has 1 heterocycles. The monoisotopic (exact) mass is 379 g/mol. The summed E-state index contributed by atoms with van der Waals surface area (Å²) in [4.78, 5) is 14.8. The molecule has 1 saturated heterocycles. The molecule has 148 valence electrons. The highest BCUT2D eigenvalue weighted by atomic mass is 16.3. The Labute approximate surface area is 166 Å². The first-order valence-corrected chi connectivity index (χ1v) is 10.0. The van der Waals surface area contributed by atoms with Crippen LogP contribution in [0.25, 0.3) is 0 Å². The molecule has 1 spiro atoms. The van der Waals surface area contributed by atoms with Gasteiger partial charge in [-0.2, -0.15) is 0 Å². The number of benzene rings is 2. The van der Waals surface area contributed by atoms with Crippen LogP contribution in [0.4, 0.5) is 0 Å². The Morgan fingerprint density at radius 3 is 2.32 bits per heavy atom. The molecule has 2 fully saturated rings. The summed E-state index contributed by atoms with van der Waals surface area (Å²) in [5.41, 5.74) is 2.57. The second kappa shape index (κ2) is 6.71. The summed E-state index contributed by atoms with van der Waals surface area (Å²) < 4.78 is 0. The summed E-state index contributed by atoms with van der Waals surface area (Å²) in [7, 11) is 0. The Morgan fingerprint density at radius 1 is 1.11 bits per heavy atom. The molecule has 2 aromatic rings. The van der Waals surface area contributed by atoms with E-state index in [1.165, 1.54) is 5.56 Å². The lowest BCUT2D eigenvalue weighted by molar-refractivity contribution is 0.0764. The molecule has 0 aromatic heterocycles. The van der Waals surface area contributed by atoms with Gasteiger partial charge in [0, 0.05) is 30.7 Å². The van der Waals surface area contributed by atoms with E-state index >= 15 is 0 Å². The van der Waals surface area contributed by atoms with Crippen LogP contribution in [-0.4, -0.2) is 46.8 Å². The van der Waals surface area contributed by atoms with E-state index in [4.69, 9.17) is 0 Å². The van der Waals surface area contributed by atoms with Gasteiger partial charge in [-0.15, -0.1) is 0 Å². The fourth-order valence-corrected chi connectivity index (χ4v) is 5.02. The smallest absolute Gasteiger partial charge is 0.253 e. The van der Waals surface area contributed by atoms with Crippen molar-refractivity contribution in [3.63, 3.8) is 0 Å². The molecule has 4 atom stereocenters. The van der Waals surface area contributed by atoms with Gasteiger partial charge in [0.1, 0.15) is 0 Å². The van der Waals surface area contributed by atoms with E-state index in [0.29, 0.717) is 18.7 Å². The van der Waals surface area contributed by atoms with Gasteiger partial charge in [-0.05, 0) is 40.5 Å². The fourth-order valence-electron chi connectivity index (χ4n) is 5.02. The molecule has 1 amide bonds. The molecule has 0 radical (unpaired) electrons. The highest BCUT2D eigenvalue weighted by molar-refractivity contribution is 5.94. The predicted molar refractivity (Wildman–Crippen MR) is 109 cm³/mol. The van der Waals surface area contributed by atoms with Gasteiger partial charge in [-0.1, -0.05) is 63.2 Å². The summed E-state index contributed by atoms with van der Waals surface area (Å²) in [6.07, 6.45) is -0.618. The fraction of sp³-hybridized carbons (Fsp3) is 0.458. The summed E-state index contributed by atoms with van der Waals surface area (Å²) in [6, 6.07) is 17.8. The van der Waals surface area contributed by atoms with E-state index < -0.39 is 11.5 Å². The maximum Gasteiger partial charge on any atom is 0.253 e. The van der Waals surface area contributed by atoms with Crippen LogP contribution in [0.15, 0.2) is 54.6 Å². The Kier molecular flexibility index (Phi) is 4.59. The van der Waals surface area contributed by atoms with Crippen molar-refractivity contribution in [3.8, 4) is 0 Å². The molecule has 0 unspecified atom stereocenters. The average molecular weight is 380 g/mol. The van der Waals surface area contributed by atoms with Crippen LogP contribution in [0.1, 0.15) is 48.2 Å². The summed E-state index contributed by atoms with van der Waals surface area (Å²) in [5, 5.41) is 20.8. The van der Waals surface area contributed by atoms with Crippen LogP contribution in [-0.2, 0) is 5.41 Å². The van der Waals surface area contributed by atoms with E-state index in [1.807, 2.05) is 54.6 Å². The van der Waals surface area contributed by atoms with Gasteiger partial charge in [-0.25, -0.2) is 0 Å².